The maximum absolute atomic E-state index is 12.8. The molecule has 0 aliphatic carbocycles. The Morgan fingerprint density at radius 3 is 2.96 bits per heavy atom. The molecule has 6 heteroatoms. The molecule has 3 heterocycles. The van der Waals surface area contributed by atoms with Crippen LogP contribution in [-0.4, -0.2) is 38.8 Å². The van der Waals surface area contributed by atoms with Crippen LogP contribution in [0.3, 0.4) is 0 Å². The fourth-order valence-electron chi connectivity index (χ4n) is 3.74. The molecule has 0 saturated carbocycles. The van der Waals surface area contributed by atoms with Crippen LogP contribution in [0.1, 0.15) is 40.2 Å². The normalized spacial score (nSPS) is 17.1. The van der Waals surface area contributed by atoms with Gasteiger partial charge in [0, 0.05) is 30.1 Å². The number of rotatable bonds is 6. The van der Waals surface area contributed by atoms with E-state index in [0.717, 1.165) is 59.1 Å². The number of aromatic amines is 1. The first-order chi connectivity index (χ1) is 13.0. The van der Waals surface area contributed by atoms with Gasteiger partial charge in [-0.3, -0.25) is 4.79 Å². The van der Waals surface area contributed by atoms with Crippen molar-refractivity contribution in [3.8, 4) is 0 Å². The van der Waals surface area contributed by atoms with Gasteiger partial charge in [-0.05, 0) is 57.4 Å². The molecule has 142 valence electrons. The van der Waals surface area contributed by atoms with Gasteiger partial charge in [0.25, 0.3) is 0 Å². The predicted octanol–water partition coefficient (Wildman–Crippen LogP) is 4.44. The van der Waals surface area contributed by atoms with Crippen molar-refractivity contribution in [2.75, 3.05) is 12.4 Å². The van der Waals surface area contributed by atoms with Crippen LogP contribution in [0.2, 0.25) is 0 Å². The van der Waals surface area contributed by atoms with Crippen LogP contribution in [-0.2, 0) is 11.3 Å². The molecule has 2 aromatic heterocycles. The minimum Gasteiger partial charge on any atom is -0.376 e. The number of carbonyl (C=O) groups excluding carboxylic acids is 1. The van der Waals surface area contributed by atoms with E-state index in [1.54, 1.807) is 0 Å². The molecule has 0 amide bonds. The summed E-state index contributed by atoms with van der Waals surface area (Å²) in [4.78, 5) is 20.7. The number of H-pyrrole nitrogens is 1. The zero-order valence-corrected chi connectivity index (χ0v) is 16.9. The average molecular weight is 384 g/mol. The number of benzene rings is 1. The number of Topliss-reactive ketones (excluding diaryl/α,β-unsaturated/α-hetero) is 1. The highest BCUT2D eigenvalue weighted by molar-refractivity contribution is 7.99. The molecule has 4 rings (SSSR count). The molecule has 0 spiro atoms. The van der Waals surface area contributed by atoms with Gasteiger partial charge < -0.3 is 14.3 Å². The topological polar surface area (TPSA) is 59.9 Å². The summed E-state index contributed by atoms with van der Waals surface area (Å²) in [6.45, 7) is 7.84. The fourth-order valence-corrected chi connectivity index (χ4v) is 4.50. The summed E-state index contributed by atoms with van der Waals surface area (Å²) in [6.07, 6.45) is 2.50. The second kappa shape index (κ2) is 7.52. The zero-order chi connectivity index (χ0) is 19.0. The first-order valence-electron chi connectivity index (χ1n) is 9.42. The van der Waals surface area contributed by atoms with Crippen LogP contribution in [0.4, 0.5) is 0 Å². The third-order valence-corrected chi connectivity index (χ3v) is 6.11. The summed E-state index contributed by atoms with van der Waals surface area (Å²) in [5.74, 6) is 0.520. The lowest BCUT2D eigenvalue weighted by molar-refractivity contribution is 0.0957. The van der Waals surface area contributed by atoms with Gasteiger partial charge in [-0.1, -0.05) is 17.8 Å². The molecule has 1 atom stereocenters. The molecule has 1 saturated heterocycles. The molecule has 27 heavy (non-hydrogen) atoms. The van der Waals surface area contributed by atoms with E-state index in [0.29, 0.717) is 5.75 Å². The van der Waals surface area contributed by atoms with Crippen LogP contribution < -0.4 is 0 Å². The number of ether oxygens (including phenoxy) is 1. The number of fused-ring (bicyclic) bond motifs is 1. The number of nitrogens with one attached hydrogen (secondary N) is 1. The number of nitrogens with zero attached hydrogens (tertiary/aromatic N) is 2. The highest BCUT2D eigenvalue weighted by Gasteiger charge is 2.21. The molecule has 0 unspecified atom stereocenters. The summed E-state index contributed by atoms with van der Waals surface area (Å²) in [5, 5.41) is 0.789. The van der Waals surface area contributed by atoms with Gasteiger partial charge in [0.15, 0.2) is 10.9 Å². The van der Waals surface area contributed by atoms with Crippen molar-refractivity contribution in [1.82, 2.24) is 14.5 Å². The lowest BCUT2D eigenvalue weighted by Gasteiger charge is -2.14. The number of aryl methyl sites for hydroxylation is 2. The molecule has 0 bridgehead atoms. The highest BCUT2D eigenvalue weighted by atomic mass is 32.2. The minimum absolute atomic E-state index is 0.142. The van der Waals surface area contributed by atoms with E-state index in [1.807, 2.05) is 25.1 Å². The highest BCUT2D eigenvalue weighted by Crippen LogP contribution is 2.24. The quantitative estimate of drug-likeness (QED) is 0.505. The van der Waals surface area contributed by atoms with E-state index in [1.165, 1.54) is 17.3 Å². The van der Waals surface area contributed by atoms with Gasteiger partial charge in [-0.2, -0.15) is 0 Å². The Hall–Kier alpha value is -2.05. The lowest BCUT2D eigenvalue weighted by atomic mass is 10.2. The van der Waals surface area contributed by atoms with Crippen molar-refractivity contribution < 1.29 is 9.53 Å². The second-order valence-corrected chi connectivity index (χ2v) is 8.27. The summed E-state index contributed by atoms with van der Waals surface area (Å²) in [6, 6.07) is 8.14. The minimum atomic E-state index is 0.142. The largest absolute Gasteiger partial charge is 0.376 e. The smallest absolute Gasteiger partial charge is 0.175 e. The van der Waals surface area contributed by atoms with Gasteiger partial charge in [0.05, 0.1) is 22.9 Å². The lowest BCUT2D eigenvalue weighted by Crippen LogP contribution is -2.17. The molecular weight excluding hydrogens is 358 g/mol. The van der Waals surface area contributed by atoms with E-state index in [4.69, 9.17) is 4.74 Å². The molecule has 1 aliphatic heterocycles. The number of imidazole rings is 1. The number of carbonyl (C=O) groups is 1. The summed E-state index contributed by atoms with van der Waals surface area (Å²) in [5.41, 5.74) is 6.11. The van der Waals surface area contributed by atoms with Gasteiger partial charge >= 0.3 is 0 Å². The number of aromatic nitrogens is 3. The standard InChI is InChI=1S/C21H25N3O2S/c1-13-6-7-18-19(9-13)23-21(22-18)27-12-20(25)17-10-14(2)24(15(17)3)11-16-5-4-8-26-16/h6-7,9-10,16H,4-5,8,11-12H2,1-3H3,(H,22,23)/t16-/m1/s1. The Morgan fingerprint density at radius 1 is 1.33 bits per heavy atom. The van der Waals surface area contributed by atoms with Crippen molar-refractivity contribution in [3.63, 3.8) is 0 Å². The Labute approximate surface area is 163 Å². The average Bonchev–Trinajstić information content (AvgIpc) is 3.35. The first-order valence-corrected chi connectivity index (χ1v) is 10.4. The molecule has 3 aromatic rings. The number of hydrogen-bond acceptors (Lipinski definition) is 4. The number of thioether (sulfide) groups is 1. The van der Waals surface area contributed by atoms with Crippen molar-refractivity contribution in [3.05, 3.63) is 46.8 Å². The molecule has 1 N–H and O–H groups in total. The number of hydrogen-bond donors (Lipinski definition) is 1. The van der Waals surface area contributed by atoms with Gasteiger partial charge in [-0.25, -0.2) is 4.98 Å². The molecule has 1 fully saturated rings. The van der Waals surface area contributed by atoms with E-state index in [9.17, 15) is 4.79 Å². The Kier molecular flexibility index (Phi) is 5.10. The van der Waals surface area contributed by atoms with Crippen LogP contribution in [0.5, 0.6) is 0 Å². The van der Waals surface area contributed by atoms with Crippen molar-refractivity contribution >= 4 is 28.6 Å². The second-order valence-electron chi connectivity index (χ2n) is 7.30. The molecule has 0 radical (unpaired) electrons. The fraction of sp³-hybridized carbons (Fsp3) is 0.429. The van der Waals surface area contributed by atoms with E-state index in [-0.39, 0.29) is 11.9 Å². The Morgan fingerprint density at radius 2 is 2.19 bits per heavy atom. The van der Waals surface area contributed by atoms with Crippen molar-refractivity contribution in [2.24, 2.45) is 0 Å². The Balaban J connectivity index is 1.45. The molecule has 1 aliphatic rings. The first kappa shape index (κ1) is 18.3. The Bertz CT molecular complexity index is 983. The van der Waals surface area contributed by atoms with E-state index >= 15 is 0 Å². The molecule has 1 aromatic carbocycles. The summed E-state index contributed by atoms with van der Waals surface area (Å²) >= 11 is 1.46. The maximum Gasteiger partial charge on any atom is 0.175 e. The summed E-state index contributed by atoms with van der Waals surface area (Å²) in [7, 11) is 0. The van der Waals surface area contributed by atoms with Crippen LogP contribution in [0.25, 0.3) is 11.0 Å². The number of ketones is 1. The molecule has 5 nitrogen and oxygen atoms in total. The maximum atomic E-state index is 12.8. The monoisotopic (exact) mass is 383 g/mol. The van der Waals surface area contributed by atoms with Crippen LogP contribution in [0, 0.1) is 20.8 Å². The van der Waals surface area contributed by atoms with Gasteiger partial charge in [0.1, 0.15) is 0 Å². The third-order valence-electron chi connectivity index (χ3n) is 5.24. The van der Waals surface area contributed by atoms with Gasteiger partial charge in [-0.15, -0.1) is 0 Å². The zero-order valence-electron chi connectivity index (χ0n) is 16.0. The SMILES string of the molecule is Cc1ccc2nc(SCC(=O)c3cc(C)n(C[C@H]4CCCO4)c3C)[nH]c2c1. The van der Waals surface area contributed by atoms with Crippen molar-refractivity contribution in [2.45, 2.75) is 51.4 Å². The molecular formula is C21H25N3O2S. The van der Waals surface area contributed by atoms with Crippen molar-refractivity contribution in [1.29, 1.82) is 0 Å². The predicted molar refractivity (Wildman–Crippen MR) is 109 cm³/mol. The third kappa shape index (κ3) is 3.82. The summed E-state index contributed by atoms with van der Waals surface area (Å²) < 4.78 is 7.98. The van der Waals surface area contributed by atoms with E-state index in [2.05, 4.69) is 34.4 Å². The van der Waals surface area contributed by atoms with Gasteiger partial charge in [0.2, 0.25) is 0 Å². The van der Waals surface area contributed by atoms with E-state index < -0.39 is 0 Å². The van der Waals surface area contributed by atoms with Crippen LogP contribution in [0.15, 0.2) is 29.4 Å². The van der Waals surface area contributed by atoms with Crippen LogP contribution >= 0.6 is 11.8 Å².